The first-order valence-electron chi connectivity index (χ1n) is 5.86. The van der Waals surface area contributed by atoms with Gasteiger partial charge in [0.1, 0.15) is 11.8 Å². The van der Waals surface area contributed by atoms with Crippen molar-refractivity contribution in [3.63, 3.8) is 0 Å². The lowest BCUT2D eigenvalue weighted by Gasteiger charge is -2.34. The number of aromatic nitrogens is 2. The van der Waals surface area contributed by atoms with Crippen molar-refractivity contribution >= 4 is 11.9 Å². The van der Waals surface area contributed by atoms with E-state index < -0.39 is 0 Å². The minimum Gasteiger partial charge on any atom is -0.339 e. The first kappa shape index (κ1) is 12.3. The number of aryl methyl sites for hydroxylation is 1. The number of carbonyl (C=O) groups excluding carboxylic acids is 1. The first-order valence-corrected chi connectivity index (χ1v) is 5.86. The van der Waals surface area contributed by atoms with Crippen LogP contribution < -0.4 is 4.90 Å². The quantitative estimate of drug-likeness (QED) is 0.712. The molecule has 1 aliphatic rings. The highest BCUT2D eigenvalue weighted by molar-refractivity contribution is 5.73. The average Bonchev–Trinajstić information content (AvgIpc) is 2.38. The van der Waals surface area contributed by atoms with E-state index in [1.54, 1.807) is 17.9 Å². The Morgan fingerprint density at radius 3 is 2.56 bits per heavy atom. The summed E-state index contributed by atoms with van der Waals surface area (Å²) in [5, 5.41) is 8.89. The molecule has 1 amide bonds. The van der Waals surface area contributed by atoms with E-state index in [0.29, 0.717) is 37.8 Å². The third-order valence-corrected chi connectivity index (χ3v) is 2.96. The molecule has 1 fully saturated rings. The summed E-state index contributed by atoms with van der Waals surface area (Å²) >= 11 is 0. The van der Waals surface area contributed by atoms with Gasteiger partial charge in [0.2, 0.25) is 11.9 Å². The number of nitrogens with zero attached hydrogens (tertiary/aromatic N) is 5. The van der Waals surface area contributed by atoms with Crippen LogP contribution in [0.4, 0.5) is 5.95 Å². The third-order valence-electron chi connectivity index (χ3n) is 2.96. The smallest absolute Gasteiger partial charge is 0.226 e. The SMILES string of the molecule is CC(=O)N1CCN(c2nc(C)cc(C#N)n2)CC1. The molecule has 1 aromatic heterocycles. The second kappa shape index (κ2) is 5.00. The molecule has 6 heteroatoms. The fourth-order valence-corrected chi connectivity index (χ4v) is 1.97. The summed E-state index contributed by atoms with van der Waals surface area (Å²) in [5.41, 5.74) is 1.16. The summed E-state index contributed by atoms with van der Waals surface area (Å²) < 4.78 is 0. The van der Waals surface area contributed by atoms with Gasteiger partial charge in [0, 0.05) is 38.8 Å². The topological polar surface area (TPSA) is 73.1 Å². The van der Waals surface area contributed by atoms with E-state index in [0.717, 1.165) is 5.69 Å². The summed E-state index contributed by atoms with van der Waals surface area (Å²) in [6.07, 6.45) is 0. The monoisotopic (exact) mass is 245 g/mol. The van der Waals surface area contributed by atoms with Gasteiger partial charge in [0.25, 0.3) is 0 Å². The molecule has 6 nitrogen and oxygen atoms in total. The maximum Gasteiger partial charge on any atom is 0.226 e. The van der Waals surface area contributed by atoms with Crippen molar-refractivity contribution in [2.24, 2.45) is 0 Å². The second-order valence-electron chi connectivity index (χ2n) is 4.30. The Bertz CT molecular complexity index is 500. The molecule has 0 radical (unpaired) electrons. The van der Waals surface area contributed by atoms with Crippen LogP contribution in [0.15, 0.2) is 6.07 Å². The van der Waals surface area contributed by atoms with Crippen LogP contribution in [0.2, 0.25) is 0 Å². The first-order chi connectivity index (χ1) is 8.60. The molecule has 0 bridgehead atoms. The Morgan fingerprint density at radius 1 is 1.33 bits per heavy atom. The maximum atomic E-state index is 11.2. The van der Waals surface area contributed by atoms with E-state index in [1.807, 2.05) is 17.9 Å². The Hall–Kier alpha value is -2.16. The van der Waals surface area contributed by atoms with Gasteiger partial charge in [-0.15, -0.1) is 0 Å². The minimum absolute atomic E-state index is 0.0949. The Labute approximate surface area is 106 Å². The number of nitriles is 1. The molecule has 0 unspecified atom stereocenters. The fourth-order valence-electron chi connectivity index (χ4n) is 1.97. The van der Waals surface area contributed by atoms with Crippen molar-refractivity contribution in [1.82, 2.24) is 14.9 Å². The zero-order valence-electron chi connectivity index (χ0n) is 10.6. The molecule has 1 aromatic rings. The third kappa shape index (κ3) is 2.56. The molecule has 0 atom stereocenters. The standard InChI is InChI=1S/C12H15N5O/c1-9-7-11(8-13)15-12(14-9)17-5-3-16(4-6-17)10(2)18/h7H,3-6H2,1-2H3. The van der Waals surface area contributed by atoms with E-state index in [1.165, 1.54) is 0 Å². The average molecular weight is 245 g/mol. The van der Waals surface area contributed by atoms with E-state index in [-0.39, 0.29) is 5.91 Å². The Balaban J connectivity index is 2.12. The number of piperazine rings is 1. The van der Waals surface area contributed by atoms with Crippen LogP contribution in [-0.4, -0.2) is 47.0 Å². The van der Waals surface area contributed by atoms with Crippen molar-refractivity contribution in [1.29, 1.82) is 5.26 Å². The molecule has 0 N–H and O–H groups in total. The number of rotatable bonds is 1. The molecule has 0 aromatic carbocycles. The van der Waals surface area contributed by atoms with Crippen molar-refractivity contribution in [2.45, 2.75) is 13.8 Å². The predicted octanol–water partition coefficient (Wildman–Crippen LogP) is 0.325. The summed E-state index contributed by atoms with van der Waals surface area (Å²) in [6.45, 7) is 6.18. The van der Waals surface area contributed by atoms with Crippen LogP contribution in [0.25, 0.3) is 0 Å². The lowest BCUT2D eigenvalue weighted by molar-refractivity contribution is -0.129. The molecule has 2 heterocycles. The number of hydrogen-bond donors (Lipinski definition) is 0. The van der Waals surface area contributed by atoms with Crippen molar-refractivity contribution < 1.29 is 4.79 Å². The lowest BCUT2D eigenvalue weighted by atomic mass is 10.3. The predicted molar refractivity (Wildman–Crippen MR) is 66.0 cm³/mol. The second-order valence-corrected chi connectivity index (χ2v) is 4.30. The molecule has 0 saturated carbocycles. The molecular weight excluding hydrogens is 230 g/mol. The highest BCUT2D eigenvalue weighted by atomic mass is 16.2. The molecule has 1 saturated heterocycles. The van der Waals surface area contributed by atoms with E-state index in [2.05, 4.69) is 9.97 Å². The normalized spacial score (nSPS) is 15.4. The van der Waals surface area contributed by atoms with Gasteiger partial charge < -0.3 is 9.80 Å². The van der Waals surface area contributed by atoms with E-state index in [9.17, 15) is 4.79 Å². The van der Waals surface area contributed by atoms with Gasteiger partial charge in [-0.1, -0.05) is 0 Å². The minimum atomic E-state index is 0.0949. The van der Waals surface area contributed by atoms with Crippen LogP contribution in [-0.2, 0) is 4.79 Å². The summed E-state index contributed by atoms with van der Waals surface area (Å²) in [7, 11) is 0. The van der Waals surface area contributed by atoms with Crippen molar-refractivity contribution in [3.05, 3.63) is 17.5 Å². The summed E-state index contributed by atoms with van der Waals surface area (Å²) in [4.78, 5) is 23.6. The molecular formula is C12H15N5O. The van der Waals surface area contributed by atoms with E-state index >= 15 is 0 Å². The van der Waals surface area contributed by atoms with Gasteiger partial charge in [0.15, 0.2) is 0 Å². The highest BCUT2D eigenvalue weighted by Gasteiger charge is 2.20. The van der Waals surface area contributed by atoms with Crippen LogP contribution in [0.1, 0.15) is 18.3 Å². The summed E-state index contributed by atoms with van der Waals surface area (Å²) in [5.74, 6) is 0.673. The molecule has 1 aliphatic heterocycles. The van der Waals surface area contributed by atoms with Crippen LogP contribution in [0, 0.1) is 18.3 Å². The number of amides is 1. The molecule has 0 spiro atoms. The highest BCUT2D eigenvalue weighted by Crippen LogP contribution is 2.12. The van der Waals surface area contributed by atoms with Crippen molar-refractivity contribution in [2.75, 3.05) is 31.1 Å². The van der Waals surface area contributed by atoms with Gasteiger partial charge in [0.05, 0.1) is 0 Å². The largest absolute Gasteiger partial charge is 0.339 e. The van der Waals surface area contributed by atoms with Gasteiger partial charge in [-0.2, -0.15) is 5.26 Å². The van der Waals surface area contributed by atoms with Gasteiger partial charge in [-0.3, -0.25) is 4.79 Å². The van der Waals surface area contributed by atoms with Gasteiger partial charge >= 0.3 is 0 Å². The Kier molecular flexibility index (Phi) is 3.42. The van der Waals surface area contributed by atoms with Crippen LogP contribution in [0.3, 0.4) is 0 Å². The zero-order chi connectivity index (χ0) is 13.1. The zero-order valence-corrected chi connectivity index (χ0v) is 10.6. The summed E-state index contributed by atoms with van der Waals surface area (Å²) in [6, 6.07) is 3.69. The number of anilines is 1. The van der Waals surface area contributed by atoms with Crippen LogP contribution >= 0.6 is 0 Å². The van der Waals surface area contributed by atoms with E-state index in [4.69, 9.17) is 5.26 Å². The molecule has 0 aliphatic carbocycles. The Morgan fingerprint density at radius 2 is 2.00 bits per heavy atom. The lowest BCUT2D eigenvalue weighted by Crippen LogP contribution is -2.48. The van der Waals surface area contributed by atoms with Crippen LogP contribution in [0.5, 0.6) is 0 Å². The molecule has 94 valence electrons. The molecule has 18 heavy (non-hydrogen) atoms. The van der Waals surface area contributed by atoms with Gasteiger partial charge in [-0.05, 0) is 13.0 Å². The molecule has 2 rings (SSSR count). The van der Waals surface area contributed by atoms with Crippen molar-refractivity contribution in [3.8, 4) is 6.07 Å². The van der Waals surface area contributed by atoms with Gasteiger partial charge in [-0.25, -0.2) is 9.97 Å². The maximum absolute atomic E-state index is 11.2. The number of carbonyl (C=O) groups is 1. The number of hydrogen-bond acceptors (Lipinski definition) is 5. The fraction of sp³-hybridized carbons (Fsp3) is 0.500.